The first-order valence-corrected chi connectivity index (χ1v) is 12.1. The molecule has 2 aromatic rings. The first-order chi connectivity index (χ1) is 15.9. The highest BCUT2D eigenvalue weighted by Gasteiger charge is 2.38. The summed E-state index contributed by atoms with van der Waals surface area (Å²) >= 11 is 1.31. The van der Waals surface area contributed by atoms with E-state index in [4.69, 9.17) is 4.74 Å². The van der Waals surface area contributed by atoms with Crippen LogP contribution in [0.3, 0.4) is 0 Å². The van der Waals surface area contributed by atoms with Crippen molar-refractivity contribution in [3.05, 3.63) is 34.8 Å². The second-order valence-electron chi connectivity index (χ2n) is 8.47. The second kappa shape index (κ2) is 10.4. The molecule has 2 saturated heterocycles. The van der Waals surface area contributed by atoms with Crippen molar-refractivity contribution in [2.45, 2.75) is 39.7 Å². The predicted molar refractivity (Wildman–Crippen MR) is 125 cm³/mol. The molecule has 33 heavy (non-hydrogen) atoms. The van der Waals surface area contributed by atoms with Gasteiger partial charge >= 0.3 is 0 Å². The lowest BCUT2D eigenvalue weighted by Crippen LogP contribution is -2.44. The number of carbonyl (C=O) groups is 3. The smallest absolute Gasteiger partial charge is 0.229 e. The highest BCUT2D eigenvalue weighted by Crippen LogP contribution is 2.28. The molecule has 1 atom stereocenters. The Kier molecular flexibility index (Phi) is 7.34. The maximum absolute atomic E-state index is 13.1. The van der Waals surface area contributed by atoms with Gasteiger partial charge < -0.3 is 19.9 Å². The fourth-order valence-corrected chi connectivity index (χ4v) is 4.91. The molecule has 0 bridgehead atoms. The van der Waals surface area contributed by atoms with Crippen molar-refractivity contribution in [2.75, 3.05) is 36.5 Å². The van der Waals surface area contributed by atoms with Crippen LogP contribution in [0.15, 0.2) is 24.3 Å². The topological polar surface area (TPSA) is 105 Å². The zero-order valence-corrected chi connectivity index (χ0v) is 19.8. The van der Waals surface area contributed by atoms with Crippen LogP contribution in [0.4, 0.5) is 10.8 Å². The van der Waals surface area contributed by atoms with E-state index in [1.165, 1.54) is 11.3 Å². The molecule has 2 aliphatic heterocycles. The number of aromatic nitrogens is 2. The second-order valence-corrected chi connectivity index (χ2v) is 9.53. The lowest BCUT2D eigenvalue weighted by Gasteiger charge is -2.32. The molecule has 2 aliphatic rings. The van der Waals surface area contributed by atoms with Crippen LogP contribution in [0.5, 0.6) is 0 Å². The van der Waals surface area contributed by atoms with Crippen LogP contribution >= 0.6 is 11.3 Å². The summed E-state index contributed by atoms with van der Waals surface area (Å²) in [7, 11) is 0. The van der Waals surface area contributed by atoms with Crippen molar-refractivity contribution in [3.8, 4) is 0 Å². The van der Waals surface area contributed by atoms with Crippen LogP contribution in [0.25, 0.3) is 0 Å². The highest BCUT2D eigenvalue weighted by molar-refractivity contribution is 7.15. The van der Waals surface area contributed by atoms with Gasteiger partial charge in [0.2, 0.25) is 22.9 Å². The van der Waals surface area contributed by atoms with Crippen molar-refractivity contribution >= 4 is 39.9 Å². The largest absolute Gasteiger partial charge is 0.374 e. The number of amides is 3. The minimum Gasteiger partial charge on any atom is -0.374 e. The summed E-state index contributed by atoms with van der Waals surface area (Å²) in [4.78, 5) is 41.7. The number of likely N-dealkylation sites (tertiary alicyclic amines) is 1. The summed E-state index contributed by atoms with van der Waals surface area (Å²) in [6.07, 6.45) is 1.41. The van der Waals surface area contributed by atoms with Crippen LogP contribution in [-0.2, 0) is 25.7 Å². The summed E-state index contributed by atoms with van der Waals surface area (Å²) in [6, 6.07) is 7.77. The summed E-state index contributed by atoms with van der Waals surface area (Å²) in [5.74, 6) is -0.631. The van der Waals surface area contributed by atoms with Crippen molar-refractivity contribution in [2.24, 2.45) is 11.8 Å². The third kappa shape index (κ3) is 5.56. The quantitative estimate of drug-likeness (QED) is 0.666. The number of ether oxygens (including phenoxy) is 1. The Labute approximate surface area is 197 Å². The molecule has 1 aromatic carbocycles. The number of hydrogen-bond donors (Lipinski definition) is 1. The van der Waals surface area contributed by atoms with Crippen molar-refractivity contribution < 1.29 is 19.1 Å². The van der Waals surface area contributed by atoms with Crippen LogP contribution < -0.4 is 10.2 Å². The Bertz CT molecular complexity index is 1000. The van der Waals surface area contributed by atoms with E-state index in [1.807, 2.05) is 38.1 Å². The molecule has 1 N–H and O–H groups in total. The Morgan fingerprint density at radius 3 is 2.58 bits per heavy atom. The van der Waals surface area contributed by atoms with Crippen LogP contribution in [0.2, 0.25) is 0 Å². The zero-order valence-electron chi connectivity index (χ0n) is 19.0. The van der Waals surface area contributed by atoms with Crippen LogP contribution in [-0.4, -0.2) is 59.1 Å². The number of nitrogens with one attached hydrogen (secondary N) is 1. The Hall–Kier alpha value is -2.85. The van der Waals surface area contributed by atoms with Gasteiger partial charge in [-0.3, -0.25) is 14.4 Å². The number of carbonyl (C=O) groups excluding carboxylic acids is 3. The lowest BCUT2D eigenvalue weighted by molar-refractivity contribution is -0.138. The van der Waals surface area contributed by atoms with E-state index >= 15 is 0 Å². The third-order valence-corrected chi connectivity index (χ3v) is 6.94. The molecule has 2 fully saturated rings. The van der Waals surface area contributed by atoms with Crippen LogP contribution in [0.1, 0.15) is 36.8 Å². The van der Waals surface area contributed by atoms with E-state index in [1.54, 1.807) is 9.80 Å². The Morgan fingerprint density at radius 2 is 1.88 bits per heavy atom. The van der Waals surface area contributed by atoms with Crippen molar-refractivity contribution in [1.29, 1.82) is 0 Å². The molecular formula is C23H29N5O4S. The maximum Gasteiger partial charge on any atom is 0.229 e. The first-order valence-electron chi connectivity index (χ1n) is 11.3. The van der Waals surface area contributed by atoms with E-state index in [9.17, 15) is 14.4 Å². The number of aryl methyl sites for hydroxylation is 1. The molecule has 176 valence electrons. The molecule has 3 heterocycles. The standard InChI is InChI=1S/C23H29N5O4S/c1-3-32-14-19-25-26-23(33-19)24-21(30)16-8-10-27(11-9-16)22(31)17-12-20(29)28(13-17)18-6-4-15(2)5-7-18/h4-7,16-17H,3,8-14H2,1-2H3,(H,24,26,30)/t17-/m0/s1. The number of rotatable bonds is 7. The summed E-state index contributed by atoms with van der Waals surface area (Å²) in [5, 5.41) is 12.0. The van der Waals surface area contributed by atoms with Gasteiger partial charge in [0, 0.05) is 44.3 Å². The molecule has 4 rings (SSSR count). The van der Waals surface area contributed by atoms with Gasteiger partial charge in [0.05, 0.1) is 5.92 Å². The molecule has 0 spiro atoms. The first kappa shape index (κ1) is 23.3. The number of anilines is 2. The van der Waals surface area contributed by atoms with E-state index < -0.39 is 0 Å². The van der Waals surface area contributed by atoms with Crippen LogP contribution in [0, 0.1) is 18.8 Å². The van der Waals surface area contributed by atoms with Gasteiger partial charge in [-0.2, -0.15) is 0 Å². The Balaban J connectivity index is 1.26. The summed E-state index contributed by atoms with van der Waals surface area (Å²) in [6.45, 7) is 6.32. The Morgan fingerprint density at radius 1 is 1.15 bits per heavy atom. The van der Waals surface area contributed by atoms with Crippen molar-refractivity contribution in [3.63, 3.8) is 0 Å². The predicted octanol–water partition coefficient (Wildman–Crippen LogP) is 2.61. The van der Waals surface area contributed by atoms with Gasteiger partial charge in [0.15, 0.2) is 0 Å². The maximum atomic E-state index is 13.1. The molecule has 1 aromatic heterocycles. The SMILES string of the molecule is CCOCc1nnc(NC(=O)C2CCN(C(=O)[C@H]3CC(=O)N(c4ccc(C)cc4)C3)CC2)s1. The lowest BCUT2D eigenvalue weighted by atomic mass is 9.94. The van der Waals surface area contributed by atoms with E-state index in [0.717, 1.165) is 16.3 Å². The molecule has 10 heteroatoms. The van der Waals surface area contributed by atoms with Gasteiger partial charge in [0.25, 0.3) is 0 Å². The number of hydrogen-bond acceptors (Lipinski definition) is 7. The van der Waals surface area contributed by atoms with Gasteiger partial charge in [0.1, 0.15) is 11.6 Å². The molecule has 3 amide bonds. The van der Waals surface area contributed by atoms with E-state index in [-0.39, 0.29) is 36.0 Å². The summed E-state index contributed by atoms with van der Waals surface area (Å²) in [5.41, 5.74) is 1.96. The number of benzene rings is 1. The highest BCUT2D eigenvalue weighted by atomic mass is 32.1. The molecule has 0 aliphatic carbocycles. The zero-order chi connectivity index (χ0) is 23.4. The molecule has 9 nitrogen and oxygen atoms in total. The number of nitrogens with zero attached hydrogens (tertiary/aromatic N) is 4. The minimum absolute atomic E-state index is 0.00140. The van der Waals surface area contributed by atoms with Gasteiger partial charge in [-0.25, -0.2) is 0 Å². The van der Waals surface area contributed by atoms with Gasteiger partial charge in [-0.1, -0.05) is 29.0 Å². The molecule has 0 unspecified atom stereocenters. The molecule has 0 radical (unpaired) electrons. The monoisotopic (exact) mass is 471 g/mol. The third-order valence-electron chi connectivity index (χ3n) is 6.12. The normalized spacial score (nSPS) is 19.2. The van der Waals surface area contributed by atoms with E-state index in [2.05, 4.69) is 15.5 Å². The number of piperidine rings is 1. The summed E-state index contributed by atoms with van der Waals surface area (Å²) < 4.78 is 5.31. The van der Waals surface area contributed by atoms with Gasteiger partial charge in [-0.15, -0.1) is 10.2 Å². The van der Waals surface area contributed by atoms with E-state index in [0.29, 0.717) is 50.8 Å². The minimum atomic E-state index is -0.339. The average Bonchev–Trinajstić information content (AvgIpc) is 3.44. The van der Waals surface area contributed by atoms with Crippen molar-refractivity contribution in [1.82, 2.24) is 15.1 Å². The molecular weight excluding hydrogens is 442 g/mol. The fraction of sp³-hybridized carbons (Fsp3) is 0.522. The molecule has 0 saturated carbocycles. The fourth-order valence-electron chi connectivity index (χ4n) is 4.23. The average molecular weight is 472 g/mol. The van der Waals surface area contributed by atoms with Gasteiger partial charge in [-0.05, 0) is 38.8 Å².